The Morgan fingerprint density at radius 3 is 2.21 bits per heavy atom. The van der Waals surface area contributed by atoms with E-state index in [0.29, 0.717) is 31.2 Å². The molecule has 3 amide bonds. The zero-order chi connectivity index (χ0) is 19.9. The van der Waals surface area contributed by atoms with Crippen molar-refractivity contribution in [3.8, 4) is 0 Å². The van der Waals surface area contributed by atoms with E-state index in [1.165, 1.54) is 12.1 Å². The van der Waals surface area contributed by atoms with Crippen molar-refractivity contribution < 1.29 is 14.0 Å². The average molecular weight is 405 g/mol. The van der Waals surface area contributed by atoms with Crippen LogP contribution >= 0.6 is 11.6 Å². The number of piperazine rings is 1. The second-order valence-corrected chi connectivity index (χ2v) is 6.95. The van der Waals surface area contributed by atoms with Gasteiger partial charge in [0.25, 0.3) is 0 Å². The summed E-state index contributed by atoms with van der Waals surface area (Å²) in [5.74, 6) is -0.615. The molecule has 3 rings (SSSR count). The maximum absolute atomic E-state index is 12.9. The average Bonchev–Trinajstić information content (AvgIpc) is 2.72. The van der Waals surface area contributed by atoms with Crippen molar-refractivity contribution >= 4 is 29.2 Å². The molecule has 1 aliphatic rings. The quantitative estimate of drug-likeness (QED) is 0.805. The van der Waals surface area contributed by atoms with E-state index in [2.05, 4.69) is 15.5 Å². The Morgan fingerprint density at radius 2 is 1.57 bits per heavy atom. The summed E-state index contributed by atoms with van der Waals surface area (Å²) in [4.78, 5) is 28.0. The SMILES string of the molecule is O=C(CNC(=O)N1CCN(c2ccc(Cl)cc2)CC1)NCc1ccc(F)cc1. The van der Waals surface area contributed by atoms with Crippen LogP contribution in [0.3, 0.4) is 0 Å². The number of rotatable bonds is 5. The van der Waals surface area contributed by atoms with Crippen molar-refractivity contribution in [1.82, 2.24) is 15.5 Å². The monoisotopic (exact) mass is 404 g/mol. The van der Waals surface area contributed by atoms with Crippen LogP contribution in [0.25, 0.3) is 0 Å². The molecule has 28 heavy (non-hydrogen) atoms. The highest BCUT2D eigenvalue weighted by Crippen LogP contribution is 2.19. The molecule has 0 atom stereocenters. The van der Waals surface area contributed by atoms with Gasteiger partial charge >= 0.3 is 6.03 Å². The molecule has 0 unspecified atom stereocenters. The minimum atomic E-state index is -0.321. The van der Waals surface area contributed by atoms with Crippen LogP contribution in [0.15, 0.2) is 48.5 Å². The fourth-order valence-corrected chi connectivity index (χ4v) is 3.08. The summed E-state index contributed by atoms with van der Waals surface area (Å²) >= 11 is 5.91. The lowest BCUT2D eigenvalue weighted by Crippen LogP contribution is -2.53. The minimum Gasteiger partial charge on any atom is -0.368 e. The van der Waals surface area contributed by atoms with Crippen molar-refractivity contribution in [2.75, 3.05) is 37.6 Å². The molecule has 0 radical (unpaired) electrons. The number of hydrogen-bond acceptors (Lipinski definition) is 3. The van der Waals surface area contributed by atoms with Crippen LogP contribution in [0, 0.1) is 5.82 Å². The summed E-state index contributed by atoms with van der Waals surface area (Å²) in [6.45, 7) is 2.77. The largest absolute Gasteiger partial charge is 0.368 e. The van der Waals surface area contributed by atoms with E-state index in [0.717, 1.165) is 11.3 Å². The molecule has 6 nitrogen and oxygen atoms in total. The van der Waals surface area contributed by atoms with Crippen LogP contribution in [0.2, 0.25) is 5.02 Å². The zero-order valence-corrected chi connectivity index (χ0v) is 16.1. The summed E-state index contributed by atoms with van der Waals surface area (Å²) in [5.41, 5.74) is 1.86. The van der Waals surface area contributed by atoms with E-state index < -0.39 is 0 Å². The van der Waals surface area contributed by atoms with E-state index in [1.807, 2.05) is 24.3 Å². The smallest absolute Gasteiger partial charge is 0.317 e. The molecule has 0 spiro atoms. The molecule has 0 aliphatic carbocycles. The predicted octanol–water partition coefficient (Wildman–Crippen LogP) is 2.63. The standard InChI is InChI=1S/C20H22ClFN4O2/c21-16-3-7-18(8-4-16)25-9-11-26(12-10-25)20(28)24-14-19(27)23-13-15-1-5-17(22)6-2-15/h1-8H,9-14H2,(H,23,27)(H,24,28). The molecule has 0 aromatic heterocycles. The number of hydrogen-bond donors (Lipinski definition) is 2. The highest BCUT2D eigenvalue weighted by Gasteiger charge is 2.21. The highest BCUT2D eigenvalue weighted by molar-refractivity contribution is 6.30. The third-order valence-electron chi connectivity index (χ3n) is 4.56. The van der Waals surface area contributed by atoms with Gasteiger partial charge in [0.1, 0.15) is 5.82 Å². The molecule has 2 N–H and O–H groups in total. The molecule has 1 heterocycles. The summed E-state index contributed by atoms with van der Waals surface area (Å²) in [5, 5.41) is 6.03. The molecular formula is C20H22ClFN4O2. The van der Waals surface area contributed by atoms with Crippen molar-refractivity contribution in [3.05, 3.63) is 64.9 Å². The van der Waals surface area contributed by atoms with E-state index >= 15 is 0 Å². The molecular weight excluding hydrogens is 383 g/mol. The fourth-order valence-electron chi connectivity index (χ4n) is 2.95. The Morgan fingerprint density at radius 1 is 0.929 bits per heavy atom. The second kappa shape index (κ2) is 9.41. The third kappa shape index (κ3) is 5.60. The van der Waals surface area contributed by atoms with Crippen molar-refractivity contribution in [2.24, 2.45) is 0 Å². The molecule has 1 fully saturated rings. The van der Waals surface area contributed by atoms with E-state index in [-0.39, 0.29) is 30.8 Å². The number of halogens is 2. The lowest BCUT2D eigenvalue weighted by atomic mass is 10.2. The van der Waals surface area contributed by atoms with Gasteiger partial charge < -0.3 is 20.4 Å². The Labute approximate surface area is 168 Å². The van der Waals surface area contributed by atoms with Crippen LogP contribution < -0.4 is 15.5 Å². The van der Waals surface area contributed by atoms with Crippen molar-refractivity contribution in [2.45, 2.75) is 6.54 Å². The number of amides is 3. The Balaban J connectivity index is 1.37. The van der Waals surface area contributed by atoms with Crippen molar-refractivity contribution in [3.63, 3.8) is 0 Å². The Bertz CT molecular complexity index is 806. The van der Waals surface area contributed by atoms with Gasteiger partial charge in [-0.3, -0.25) is 4.79 Å². The summed E-state index contributed by atoms with van der Waals surface area (Å²) in [7, 11) is 0. The van der Waals surface area contributed by atoms with Gasteiger partial charge in [0.2, 0.25) is 5.91 Å². The molecule has 2 aromatic rings. The van der Waals surface area contributed by atoms with E-state index in [9.17, 15) is 14.0 Å². The summed E-state index contributed by atoms with van der Waals surface area (Å²) < 4.78 is 12.9. The highest BCUT2D eigenvalue weighted by atomic mass is 35.5. The Kier molecular flexibility index (Phi) is 6.71. The number of nitrogens with one attached hydrogen (secondary N) is 2. The molecule has 8 heteroatoms. The van der Waals surface area contributed by atoms with Crippen LogP contribution in [0.5, 0.6) is 0 Å². The first-order chi connectivity index (χ1) is 13.5. The number of carbonyl (C=O) groups is 2. The van der Waals surface area contributed by atoms with Gasteiger partial charge in [-0.25, -0.2) is 9.18 Å². The van der Waals surface area contributed by atoms with E-state index in [4.69, 9.17) is 11.6 Å². The van der Waals surface area contributed by atoms with Gasteiger partial charge in [-0.05, 0) is 42.0 Å². The van der Waals surface area contributed by atoms with Crippen molar-refractivity contribution in [1.29, 1.82) is 0 Å². The first-order valence-electron chi connectivity index (χ1n) is 9.06. The zero-order valence-electron chi connectivity index (χ0n) is 15.3. The van der Waals surface area contributed by atoms with Gasteiger partial charge in [-0.15, -0.1) is 0 Å². The maximum atomic E-state index is 12.9. The number of nitrogens with zero attached hydrogens (tertiary/aromatic N) is 2. The van der Waals surface area contributed by atoms with Gasteiger partial charge in [0, 0.05) is 43.4 Å². The first kappa shape index (κ1) is 19.9. The predicted molar refractivity (Wildman–Crippen MR) is 107 cm³/mol. The lowest BCUT2D eigenvalue weighted by Gasteiger charge is -2.36. The molecule has 1 aliphatic heterocycles. The summed E-state index contributed by atoms with van der Waals surface area (Å²) in [6, 6.07) is 13.3. The normalized spacial score (nSPS) is 13.9. The van der Waals surface area contributed by atoms with Crippen LogP contribution in [0.1, 0.15) is 5.56 Å². The maximum Gasteiger partial charge on any atom is 0.317 e. The van der Waals surface area contributed by atoms with E-state index in [1.54, 1.807) is 17.0 Å². The van der Waals surface area contributed by atoms with Crippen LogP contribution in [0.4, 0.5) is 14.9 Å². The third-order valence-corrected chi connectivity index (χ3v) is 4.81. The van der Waals surface area contributed by atoms with Gasteiger partial charge in [-0.1, -0.05) is 23.7 Å². The molecule has 0 bridgehead atoms. The van der Waals surface area contributed by atoms with Gasteiger partial charge in [0.15, 0.2) is 0 Å². The topological polar surface area (TPSA) is 64.7 Å². The first-order valence-corrected chi connectivity index (χ1v) is 9.43. The molecule has 2 aromatic carbocycles. The van der Waals surface area contributed by atoms with Crippen LogP contribution in [-0.2, 0) is 11.3 Å². The minimum absolute atomic E-state index is 0.0998. The lowest BCUT2D eigenvalue weighted by molar-refractivity contribution is -0.120. The number of benzene rings is 2. The summed E-state index contributed by atoms with van der Waals surface area (Å²) in [6.07, 6.45) is 0. The van der Waals surface area contributed by atoms with Gasteiger partial charge in [0.05, 0.1) is 6.54 Å². The van der Waals surface area contributed by atoms with Gasteiger partial charge in [-0.2, -0.15) is 0 Å². The Hall–Kier alpha value is -2.80. The second-order valence-electron chi connectivity index (χ2n) is 6.51. The van der Waals surface area contributed by atoms with Crippen LogP contribution in [-0.4, -0.2) is 49.6 Å². The fraction of sp³-hybridized carbons (Fsp3) is 0.300. The molecule has 0 saturated carbocycles. The number of carbonyl (C=O) groups excluding carboxylic acids is 2. The molecule has 1 saturated heterocycles. The molecule has 148 valence electrons. The number of anilines is 1. The number of urea groups is 1.